The van der Waals surface area contributed by atoms with E-state index in [9.17, 15) is 0 Å². The molecule has 0 aliphatic heterocycles. The van der Waals surface area contributed by atoms with Crippen molar-refractivity contribution in [1.82, 2.24) is 5.32 Å². The van der Waals surface area contributed by atoms with Gasteiger partial charge in [0.05, 0.1) is 7.11 Å². The van der Waals surface area contributed by atoms with Gasteiger partial charge in [-0.15, -0.1) is 0 Å². The maximum absolute atomic E-state index is 6.24. The summed E-state index contributed by atoms with van der Waals surface area (Å²) in [6, 6.07) is 6.71. The fourth-order valence-corrected chi connectivity index (χ4v) is 2.02. The average Bonchev–Trinajstić information content (AvgIpc) is 2.34. The van der Waals surface area contributed by atoms with E-state index in [2.05, 4.69) is 52.1 Å². The van der Waals surface area contributed by atoms with E-state index in [1.165, 1.54) is 5.56 Å². The number of rotatable bonds is 5. The molecule has 0 aliphatic carbocycles. The molecule has 0 bridgehead atoms. The smallest absolute Gasteiger partial charge is 0.122 e. The van der Waals surface area contributed by atoms with Crippen LogP contribution in [0.4, 0.5) is 0 Å². The molecule has 0 fully saturated rings. The van der Waals surface area contributed by atoms with Crippen molar-refractivity contribution in [3.8, 4) is 5.75 Å². The Hall–Kier alpha value is -1.06. The second-order valence-corrected chi connectivity index (χ2v) is 6.38. The maximum Gasteiger partial charge on any atom is 0.122 e. The quantitative estimate of drug-likeness (QED) is 0.859. The number of hydrogen-bond acceptors (Lipinski definition) is 3. The number of benzene rings is 1. The lowest BCUT2D eigenvalue weighted by Gasteiger charge is -2.24. The van der Waals surface area contributed by atoms with Gasteiger partial charge in [0.15, 0.2) is 0 Å². The zero-order valence-corrected chi connectivity index (χ0v) is 13.1. The predicted octanol–water partition coefficient (Wildman–Crippen LogP) is 2.99. The van der Waals surface area contributed by atoms with E-state index in [1.807, 2.05) is 6.07 Å². The van der Waals surface area contributed by atoms with Crippen molar-refractivity contribution in [2.75, 3.05) is 13.7 Å². The molecule has 0 saturated heterocycles. The lowest BCUT2D eigenvalue weighted by molar-refractivity contribution is 0.397. The molecular weight excluding hydrogens is 236 g/mol. The molecule has 1 atom stereocenters. The molecule has 108 valence electrons. The maximum atomic E-state index is 6.24. The minimum atomic E-state index is 0.00871. The highest BCUT2D eigenvalue weighted by Gasteiger charge is 2.20. The van der Waals surface area contributed by atoms with E-state index in [4.69, 9.17) is 10.5 Å². The van der Waals surface area contributed by atoms with Gasteiger partial charge in [0.2, 0.25) is 0 Å². The minimum Gasteiger partial charge on any atom is -0.496 e. The molecule has 0 radical (unpaired) electrons. The second-order valence-electron chi connectivity index (χ2n) is 6.38. The van der Waals surface area contributed by atoms with Crippen LogP contribution in [-0.2, 0) is 5.41 Å². The van der Waals surface area contributed by atoms with Crippen LogP contribution in [0.1, 0.15) is 51.8 Å². The summed E-state index contributed by atoms with van der Waals surface area (Å²) >= 11 is 0. The third-order valence-corrected chi connectivity index (χ3v) is 3.21. The highest BCUT2D eigenvalue weighted by atomic mass is 16.5. The Bertz CT molecular complexity index is 408. The van der Waals surface area contributed by atoms with Gasteiger partial charge >= 0.3 is 0 Å². The Kier molecular flexibility index (Phi) is 5.39. The van der Waals surface area contributed by atoms with Crippen molar-refractivity contribution in [3.63, 3.8) is 0 Å². The average molecular weight is 264 g/mol. The van der Waals surface area contributed by atoms with Gasteiger partial charge in [-0.25, -0.2) is 0 Å². The first-order chi connectivity index (χ1) is 8.75. The second kappa shape index (κ2) is 6.40. The standard InChI is InChI=1S/C16H28N2O/c1-11(2)18-10-14(17)12-7-8-15(19-6)13(9-12)16(3,4)5/h7-9,11,14,18H,10,17H2,1-6H3. The van der Waals surface area contributed by atoms with E-state index >= 15 is 0 Å². The summed E-state index contributed by atoms with van der Waals surface area (Å²) < 4.78 is 5.45. The first-order valence-electron chi connectivity index (χ1n) is 6.93. The largest absolute Gasteiger partial charge is 0.496 e. The van der Waals surface area contributed by atoms with Crippen LogP contribution in [0.5, 0.6) is 5.75 Å². The summed E-state index contributed by atoms with van der Waals surface area (Å²) in [4.78, 5) is 0. The third kappa shape index (κ3) is 4.51. The molecule has 1 aromatic rings. The van der Waals surface area contributed by atoms with E-state index in [0.29, 0.717) is 6.04 Å². The van der Waals surface area contributed by atoms with Crippen molar-refractivity contribution in [1.29, 1.82) is 0 Å². The predicted molar refractivity (Wildman–Crippen MR) is 81.8 cm³/mol. The first-order valence-corrected chi connectivity index (χ1v) is 6.93. The van der Waals surface area contributed by atoms with Crippen LogP contribution in [-0.4, -0.2) is 19.7 Å². The van der Waals surface area contributed by atoms with Crippen molar-refractivity contribution in [2.24, 2.45) is 5.73 Å². The summed E-state index contributed by atoms with van der Waals surface area (Å²) in [5, 5.41) is 3.37. The summed E-state index contributed by atoms with van der Waals surface area (Å²) in [5.74, 6) is 0.931. The summed E-state index contributed by atoms with van der Waals surface area (Å²) in [6.07, 6.45) is 0. The fourth-order valence-electron chi connectivity index (χ4n) is 2.02. The number of ether oxygens (including phenoxy) is 1. The zero-order valence-electron chi connectivity index (χ0n) is 13.1. The molecule has 0 aliphatic rings. The van der Waals surface area contributed by atoms with Crippen LogP contribution < -0.4 is 15.8 Å². The molecule has 1 aromatic carbocycles. The molecule has 1 unspecified atom stereocenters. The Morgan fingerprint density at radius 2 is 1.89 bits per heavy atom. The molecule has 3 N–H and O–H groups in total. The highest BCUT2D eigenvalue weighted by Crippen LogP contribution is 2.33. The van der Waals surface area contributed by atoms with E-state index in [1.54, 1.807) is 7.11 Å². The molecule has 3 nitrogen and oxygen atoms in total. The Morgan fingerprint density at radius 3 is 2.37 bits per heavy atom. The van der Waals surface area contributed by atoms with Gasteiger partial charge in [-0.1, -0.05) is 40.7 Å². The van der Waals surface area contributed by atoms with Crippen molar-refractivity contribution < 1.29 is 4.74 Å². The first kappa shape index (κ1) is 16.0. The molecule has 0 amide bonds. The minimum absolute atomic E-state index is 0.00871. The summed E-state index contributed by atoms with van der Waals surface area (Å²) in [7, 11) is 1.71. The van der Waals surface area contributed by atoms with Crippen molar-refractivity contribution >= 4 is 0 Å². The Balaban J connectivity index is 2.98. The van der Waals surface area contributed by atoms with Crippen LogP contribution in [0.3, 0.4) is 0 Å². The van der Waals surface area contributed by atoms with Gasteiger partial charge < -0.3 is 15.8 Å². The molecule has 0 aromatic heterocycles. The van der Waals surface area contributed by atoms with E-state index in [-0.39, 0.29) is 11.5 Å². The van der Waals surface area contributed by atoms with Gasteiger partial charge in [-0.2, -0.15) is 0 Å². The summed E-state index contributed by atoms with van der Waals surface area (Å²) in [5.41, 5.74) is 8.64. The molecule has 1 rings (SSSR count). The third-order valence-electron chi connectivity index (χ3n) is 3.21. The van der Waals surface area contributed by atoms with Crippen molar-refractivity contribution in [2.45, 2.75) is 52.1 Å². The number of nitrogens with two attached hydrogens (primary N) is 1. The van der Waals surface area contributed by atoms with Gasteiger partial charge in [-0.05, 0) is 28.7 Å². The van der Waals surface area contributed by atoms with E-state index < -0.39 is 0 Å². The van der Waals surface area contributed by atoms with Gasteiger partial charge in [-0.3, -0.25) is 0 Å². The lowest BCUT2D eigenvalue weighted by Crippen LogP contribution is -2.31. The van der Waals surface area contributed by atoms with E-state index in [0.717, 1.165) is 17.9 Å². The van der Waals surface area contributed by atoms with Crippen LogP contribution in [0.15, 0.2) is 18.2 Å². The number of nitrogens with one attached hydrogen (secondary N) is 1. The molecule has 19 heavy (non-hydrogen) atoms. The Labute approximate surface area is 117 Å². The zero-order chi connectivity index (χ0) is 14.6. The van der Waals surface area contributed by atoms with Crippen LogP contribution in [0.2, 0.25) is 0 Å². The van der Waals surface area contributed by atoms with Crippen molar-refractivity contribution in [3.05, 3.63) is 29.3 Å². The normalized spacial score (nSPS) is 13.7. The number of methoxy groups -OCH3 is 1. The molecule has 0 heterocycles. The van der Waals surface area contributed by atoms with Crippen LogP contribution in [0.25, 0.3) is 0 Å². The SMILES string of the molecule is COc1ccc(C(N)CNC(C)C)cc1C(C)(C)C. The number of hydrogen-bond donors (Lipinski definition) is 2. The lowest BCUT2D eigenvalue weighted by atomic mass is 9.84. The highest BCUT2D eigenvalue weighted by molar-refractivity contribution is 5.42. The monoisotopic (exact) mass is 264 g/mol. The molecule has 0 spiro atoms. The molecular formula is C16H28N2O. The molecule has 0 saturated carbocycles. The van der Waals surface area contributed by atoms with Gasteiger partial charge in [0, 0.05) is 18.6 Å². The van der Waals surface area contributed by atoms with Crippen LogP contribution >= 0.6 is 0 Å². The van der Waals surface area contributed by atoms with Crippen LogP contribution in [0, 0.1) is 0 Å². The Morgan fingerprint density at radius 1 is 1.26 bits per heavy atom. The molecule has 3 heteroatoms. The fraction of sp³-hybridized carbons (Fsp3) is 0.625. The summed E-state index contributed by atoms with van der Waals surface area (Å²) in [6.45, 7) is 11.6. The van der Waals surface area contributed by atoms with Gasteiger partial charge in [0.25, 0.3) is 0 Å². The topological polar surface area (TPSA) is 47.3 Å². The van der Waals surface area contributed by atoms with Gasteiger partial charge in [0.1, 0.15) is 5.75 Å².